The van der Waals surface area contributed by atoms with Crippen LogP contribution in [-0.2, 0) is 19.6 Å². The van der Waals surface area contributed by atoms with Gasteiger partial charge in [0.05, 0.1) is 5.25 Å². The molecule has 0 radical (unpaired) electrons. The Labute approximate surface area is 111 Å². The quantitative estimate of drug-likeness (QED) is 0.339. The molecule has 0 N–H and O–H groups in total. The first-order valence-corrected chi connectivity index (χ1v) is 8.69. The van der Waals surface area contributed by atoms with Crippen molar-refractivity contribution >= 4 is 38.6 Å². The Balaban J connectivity index is 2.10. The molecule has 4 nitrogen and oxygen atoms in total. The molecule has 6 atom stereocenters. The summed E-state index contributed by atoms with van der Waals surface area (Å²) in [5, 5.41) is 0.328. The van der Waals surface area contributed by atoms with E-state index in [9.17, 15) is 13.6 Å². The van der Waals surface area contributed by atoms with Gasteiger partial charge in [-0.1, -0.05) is 24.3 Å². The summed E-state index contributed by atoms with van der Waals surface area (Å²) in [6.45, 7) is 5.47. The third-order valence-corrected chi connectivity index (χ3v) is 7.29. The Bertz CT molecular complexity index is 359. The molecule has 96 valence electrons. The molecule has 2 aliphatic heterocycles. The average Bonchev–Trinajstić information content (AvgIpc) is 2.76. The minimum Gasteiger partial charge on any atom is -0.764 e. The van der Waals surface area contributed by atoms with Crippen LogP contribution in [0.5, 0.6) is 0 Å². The van der Waals surface area contributed by atoms with Crippen LogP contribution in [0.2, 0.25) is 0 Å². The maximum Gasteiger partial charge on any atom is 0.330 e. The number of ether oxygens (including phenoxy) is 1. The van der Waals surface area contributed by atoms with Crippen molar-refractivity contribution < 1.29 is 18.3 Å². The first kappa shape index (κ1) is 13.5. The SMILES string of the molecule is C=CC(=O)OC1C2SC(CC2C)C1SS(=O)[O-]. The van der Waals surface area contributed by atoms with Crippen molar-refractivity contribution in [2.45, 2.75) is 35.2 Å². The zero-order valence-electron chi connectivity index (χ0n) is 9.24. The highest BCUT2D eigenvalue weighted by molar-refractivity contribution is 8.67. The van der Waals surface area contributed by atoms with Gasteiger partial charge >= 0.3 is 5.97 Å². The lowest BCUT2D eigenvalue weighted by Gasteiger charge is -2.32. The van der Waals surface area contributed by atoms with Gasteiger partial charge in [0, 0.05) is 26.7 Å². The summed E-state index contributed by atoms with van der Waals surface area (Å²) in [6, 6.07) is 0. The highest BCUT2D eigenvalue weighted by Crippen LogP contribution is 2.54. The Morgan fingerprint density at radius 2 is 2.41 bits per heavy atom. The standard InChI is InChI=1S/C10H14O4S3/c1-3-7(11)14-8-9-5(2)4-6(15-9)10(8)16-17(12)13/h3,5-6,8-10H,1,4H2,2H3,(H,12,13)/p-1. The molecule has 0 saturated carbocycles. The molecule has 0 amide bonds. The number of hydrogen-bond acceptors (Lipinski definition) is 6. The lowest BCUT2D eigenvalue weighted by atomic mass is 9.88. The number of carbonyl (C=O) groups excluding carboxylic acids is 1. The van der Waals surface area contributed by atoms with E-state index in [2.05, 4.69) is 13.5 Å². The van der Waals surface area contributed by atoms with Crippen LogP contribution in [-0.4, -0.2) is 36.6 Å². The van der Waals surface area contributed by atoms with Crippen LogP contribution >= 0.6 is 22.6 Å². The van der Waals surface area contributed by atoms with Crippen molar-refractivity contribution in [3.05, 3.63) is 12.7 Å². The van der Waals surface area contributed by atoms with E-state index >= 15 is 0 Å². The second kappa shape index (κ2) is 5.34. The molecule has 2 bridgehead atoms. The molecule has 2 aliphatic rings. The van der Waals surface area contributed by atoms with E-state index in [-0.39, 0.29) is 21.9 Å². The van der Waals surface area contributed by atoms with E-state index in [0.29, 0.717) is 5.92 Å². The molecule has 2 heterocycles. The van der Waals surface area contributed by atoms with E-state index in [1.54, 1.807) is 11.8 Å². The number of rotatable bonds is 4. The zero-order chi connectivity index (χ0) is 12.6. The van der Waals surface area contributed by atoms with Crippen LogP contribution in [0.3, 0.4) is 0 Å². The van der Waals surface area contributed by atoms with Crippen LogP contribution in [0.25, 0.3) is 0 Å². The van der Waals surface area contributed by atoms with E-state index in [4.69, 9.17) is 4.74 Å². The Hall–Kier alpha value is 0.0200. The second-order valence-electron chi connectivity index (χ2n) is 4.22. The summed E-state index contributed by atoms with van der Waals surface area (Å²) in [5.74, 6) is -0.0119. The Kier molecular flexibility index (Phi) is 4.22. The van der Waals surface area contributed by atoms with Gasteiger partial charge in [0.25, 0.3) is 0 Å². The van der Waals surface area contributed by atoms with Crippen molar-refractivity contribution in [1.82, 2.24) is 0 Å². The molecule has 6 unspecified atom stereocenters. The van der Waals surface area contributed by atoms with Crippen molar-refractivity contribution in [2.24, 2.45) is 5.92 Å². The normalized spacial score (nSPS) is 41.2. The van der Waals surface area contributed by atoms with Gasteiger partial charge in [-0.05, 0) is 12.3 Å². The number of esters is 1. The monoisotopic (exact) mass is 293 g/mol. The lowest BCUT2D eigenvalue weighted by Crippen LogP contribution is -2.42. The third kappa shape index (κ3) is 2.72. The molecule has 17 heavy (non-hydrogen) atoms. The van der Waals surface area contributed by atoms with E-state index in [1.165, 1.54) is 0 Å². The predicted octanol–water partition coefficient (Wildman–Crippen LogP) is 1.50. The van der Waals surface area contributed by atoms with E-state index in [0.717, 1.165) is 23.3 Å². The van der Waals surface area contributed by atoms with Gasteiger partial charge in [-0.2, -0.15) is 0 Å². The molecule has 2 saturated heterocycles. The van der Waals surface area contributed by atoms with Crippen LogP contribution in [0.15, 0.2) is 12.7 Å². The summed E-state index contributed by atoms with van der Waals surface area (Å²) in [4.78, 5) is 11.3. The van der Waals surface area contributed by atoms with Crippen molar-refractivity contribution in [3.8, 4) is 0 Å². The summed E-state index contributed by atoms with van der Waals surface area (Å²) < 4.78 is 26.9. The molecule has 0 spiro atoms. The molecule has 2 rings (SSSR count). The van der Waals surface area contributed by atoms with E-state index < -0.39 is 16.1 Å². The average molecular weight is 293 g/mol. The minimum absolute atomic E-state index is 0.150. The molecule has 0 aliphatic carbocycles. The summed E-state index contributed by atoms with van der Waals surface area (Å²) in [7, 11) is -1.30. The van der Waals surface area contributed by atoms with Crippen LogP contribution < -0.4 is 0 Å². The zero-order valence-corrected chi connectivity index (χ0v) is 11.7. The van der Waals surface area contributed by atoms with Crippen LogP contribution in [0, 0.1) is 5.92 Å². The summed E-state index contributed by atoms with van der Waals surface area (Å²) in [5.41, 5.74) is 0. The molecular formula is C10H13O4S3-. The van der Waals surface area contributed by atoms with Crippen molar-refractivity contribution in [1.29, 1.82) is 0 Å². The van der Waals surface area contributed by atoms with Gasteiger partial charge < -0.3 is 9.29 Å². The predicted molar refractivity (Wildman–Crippen MR) is 69.3 cm³/mol. The Morgan fingerprint density at radius 1 is 1.71 bits per heavy atom. The third-order valence-electron chi connectivity index (χ3n) is 3.12. The molecule has 2 fully saturated rings. The number of thioether (sulfide) groups is 1. The molecular weight excluding hydrogens is 280 g/mol. The summed E-state index contributed by atoms with van der Waals surface area (Å²) >= 11 is 1.74. The minimum atomic E-state index is -2.17. The molecule has 0 aromatic heterocycles. The fraction of sp³-hybridized carbons (Fsp3) is 0.700. The topological polar surface area (TPSA) is 66.4 Å². The van der Waals surface area contributed by atoms with Gasteiger partial charge in [-0.3, -0.25) is 4.21 Å². The summed E-state index contributed by atoms with van der Waals surface area (Å²) in [6.07, 6.45) is 1.80. The highest BCUT2D eigenvalue weighted by atomic mass is 33.1. The maximum absolute atomic E-state index is 11.3. The second-order valence-corrected chi connectivity index (χ2v) is 8.18. The largest absolute Gasteiger partial charge is 0.764 e. The van der Waals surface area contributed by atoms with Crippen LogP contribution in [0.4, 0.5) is 0 Å². The van der Waals surface area contributed by atoms with E-state index in [1.807, 2.05) is 0 Å². The van der Waals surface area contributed by atoms with Gasteiger partial charge in [0.15, 0.2) is 0 Å². The lowest BCUT2D eigenvalue weighted by molar-refractivity contribution is -0.143. The first-order chi connectivity index (χ1) is 8.02. The Morgan fingerprint density at radius 3 is 3.00 bits per heavy atom. The van der Waals surface area contributed by atoms with Gasteiger partial charge in [-0.15, -0.1) is 11.8 Å². The molecule has 7 heteroatoms. The van der Waals surface area contributed by atoms with Gasteiger partial charge in [0.1, 0.15) is 6.10 Å². The fourth-order valence-electron chi connectivity index (χ4n) is 2.43. The van der Waals surface area contributed by atoms with Crippen molar-refractivity contribution in [2.75, 3.05) is 0 Å². The smallest absolute Gasteiger partial charge is 0.330 e. The van der Waals surface area contributed by atoms with Gasteiger partial charge in [0.2, 0.25) is 0 Å². The van der Waals surface area contributed by atoms with Crippen LogP contribution in [0.1, 0.15) is 13.3 Å². The number of carbonyl (C=O) groups is 1. The first-order valence-electron chi connectivity index (χ1n) is 5.28. The van der Waals surface area contributed by atoms with Gasteiger partial charge in [-0.25, -0.2) is 4.79 Å². The highest BCUT2D eigenvalue weighted by Gasteiger charge is 2.54. The maximum atomic E-state index is 11.3. The number of fused-ring (bicyclic) bond motifs is 2. The fourth-order valence-corrected chi connectivity index (χ4v) is 7.01. The molecule has 0 aromatic carbocycles. The van der Waals surface area contributed by atoms with Crippen molar-refractivity contribution in [3.63, 3.8) is 0 Å². The number of hydrogen-bond donors (Lipinski definition) is 0. The molecule has 0 aromatic rings.